The van der Waals surface area contributed by atoms with Gasteiger partial charge in [0, 0.05) is 44.8 Å². The van der Waals surface area contributed by atoms with E-state index in [4.69, 9.17) is 0 Å². The monoisotopic (exact) mass is 351 g/mol. The lowest BCUT2D eigenvalue weighted by Gasteiger charge is -2.35. The minimum Gasteiger partial charge on any atom is -0.465 e. The maximum atomic E-state index is 12.7. The molecule has 0 bridgehead atoms. The van der Waals surface area contributed by atoms with E-state index < -0.39 is 5.97 Å². The Morgan fingerprint density at radius 1 is 1.19 bits per heavy atom. The van der Waals surface area contributed by atoms with Gasteiger partial charge in [-0.05, 0) is 18.2 Å². The van der Waals surface area contributed by atoms with Crippen LogP contribution in [0.25, 0.3) is 0 Å². The van der Waals surface area contributed by atoms with E-state index in [0.29, 0.717) is 43.1 Å². The number of nitrogens with zero attached hydrogens (tertiary/aromatic N) is 5. The maximum Gasteiger partial charge on any atom is 0.339 e. The minimum atomic E-state index is -0.531. The predicted octanol–water partition coefficient (Wildman–Crippen LogP) is 1.10. The quantitative estimate of drug-likeness (QED) is 0.763. The Morgan fingerprint density at radius 2 is 1.92 bits per heavy atom. The molecule has 2 aromatic heterocycles. The fourth-order valence-electron chi connectivity index (χ4n) is 2.83. The lowest BCUT2D eigenvalue weighted by Crippen LogP contribution is -2.49. The molecule has 8 nitrogen and oxygen atoms in total. The molecule has 1 amide bonds. The molecular weight excluding hydrogens is 334 g/mol. The lowest BCUT2D eigenvalue weighted by atomic mass is 10.1. The second kappa shape index (κ2) is 7.61. The molecule has 132 valence electrons. The van der Waals surface area contributed by atoms with Crippen LogP contribution < -0.4 is 4.90 Å². The third-order valence-corrected chi connectivity index (χ3v) is 4.18. The second-order valence-electron chi connectivity index (χ2n) is 5.72. The molecule has 0 atom stereocenters. The van der Waals surface area contributed by atoms with Crippen LogP contribution >= 0.6 is 0 Å². The highest BCUT2D eigenvalue weighted by Gasteiger charge is 2.24. The standard InChI is InChI=1S/C18H17N5O3/c1-26-18(25)15-9-14(11-20-12-15)17(24)23-7-5-22(6-8-23)16-13(10-19)3-2-4-21-16/h2-4,9,11-12H,5-8H2,1H3. The van der Waals surface area contributed by atoms with Gasteiger partial charge in [-0.1, -0.05) is 0 Å². The van der Waals surface area contributed by atoms with Gasteiger partial charge < -0.3 is 14.5 Å². The average Bonchev–Trinajstić information content (AvgIpc) is 2.72. The number of piperazine rings is 1. The molecule has 2 aromatic rings. The van der Waals surface area contributed by atoms with Gasteiger partial charge in [0.05, 0.1) is 23.8 Å². The molecule has 0 N–H and O–H groups in total. The van der Waals surface area contributed by atoms with Crippen molar-refractivity contribution in [2.24, 2.45) is 0 Å². The summed E-state index contributed by atoms with van der Waals surface area (Å²) in [4.78, 5) is 36.2. The van der Waals surface area contributed by atoms with Gasteiger partial charge in [0.15, 0.2) is 0 Å². The first kappa shape index (κ1) is 17.4. The zero-order chi connectivity index (χ0) is 18.5. The molecule has 0 aromatic carbocycles. The molecule has 0 spiro atoms. The van der Waals surface area contributed by atoms with Crippen LogP contribution in [0.4, 0.5) is 5.82 Å². The van der Waals surface area contributed by atoms with Crippen LogP contribution in [0.2, 0.25) is 0 Å². The molecule has 1 aliphatic heterocycles. The van der Waals surface area contributed by atoms with E-state index in [9.17, 15) is 14.9 Å². The van der Waals surface area contributed by atoms with Crippen LogP contribution in [-0.4, -0.2) is 60.0 Å². The van der Waals surface area contributed by atoms with E-state index in [0.717, 1.165) is 0 Å². The Hall–Kier alpha value is -3.47. The normalized spacial score (nSPS) is 13.8. The Kier molecular flexibility index (Phi) is 5.08. The number of amides is 1. The predicted molar refractivity (Wildman–Crippen MR) is 92.6 cm³/mol. The van der Waals surface area contributed by atoms with Crippen molar-refractivity contribution in [3.63, 3.8) is 0 Å². The van der Waals surface area contributed by atoms with E-state index in [1.165, 1.54) is 25.6 Å². The molecule has 0 saturated carbocycles. The SMILES string of the molecule is COC(=O)c1cncc(C(=O)N2CCN(c3ncccc3C#N)CC2)c1. The molecule has 1 fully saturated rings. The van der Waals surface area contributed by atoms with Gasteiger partial charge in [-0.2, -0.15) is 5.26 Å². The number of carbonyl (C=O) groups excluding carboxylic acids is 2. The Bertz CT molecular complexity index is 869. The highest BCUT2D eigenvalue weighted by atomic mass is 16.5. The number of rotatable bonds is 3. The van der Waals surface area contributed by atoms with Crippen molar-refractivity contribution in [1.29, 1.82) is 5.26 Å². The van der Waals surface area contributed by atoms with E-state index in [1.807, 2.05) is 4.90 Å². The van der Waals surface area contributed by atoms with Crippen molar-refractivity contribution in [2.45, 2.75) is 0 Å². The zero-order valence-electron chi connectivity index (χ0n) is 14.3. The van der Waals surface area contributed by atoms with Crippen molar-refractivity contribution >= 4 is 17.7 Å². The summed E-state index contributed by atoms with van der Waals surface area (Å²) in [7, 11) is 1.28. The van der Waals surface area contributed by atoms with Gasteiger partial charge in [-0.15, -0.1) is 0 Å². The van der Waals surface area contributed by atoms with E-state index >= 15 is 0 Å². The number of ether oxygens (including phenoxy) is 1. The lowest BCUT2D eigenvalue weighted by molar-refractivity contribution is 0.0600. The number of nitriles is 1. The van der Waals surface area contributed by atoms with Crippen molar-refractivity contribution in [2.75, 3.05) is 38.2 Å². The molecule has 1 aliphatic rings. The summed E-state index contributed by atoms with van der Waals surface area (Å²) < 4.78 is 4.66. The third kappa shape index (κ3) is 3.47. The Morgan fingerprint density at radius 3 is 2.62 bits per heavy atom. The number of hydrogen-bond donors (Lipinski definition) is 0. The number of anilines is 1. The Balaban J connectivity index is 1.69. The molecule has 26 heavy (non-hydrogen) atoms. The number of hydrogen-bond acceptors (Lipinski definition) is 7. The number of carbonyl (C=O) groups is 2. The molecule has 3 heterocycles. The van der Waals surface area contributed by atoms with Crippen molar-refractivity contribution in [1.82, 2.24) is 14.9 Å². The van der Waals surface area contributed by atoms with Crippen LogP contribution in [0.15, 0.2) is 36.8 Å². The van der Waals surface area contributed by atoms with E-state index in [1.54, 1.807) is 23.2 Å². The average molecular weight is 351 g/mol. The third-order valence-electron chi connectivity index (χ3n) is 4.18. The molecule has 3 rings (SSSR count). The van der Waals surface area contributed by atoms with Crippen LogP contribution in [0.1, 0.15) is 26.3 Å². The summed E-state index contributed by atoms with van der Waals surface area (Å²) in [5, 5.41) is 9.20. The summed E-state index contributed by atoms with van der Waals surface area (Å²) in [6.45, 7) is 2.12. The van der Waals surface area contributed by atoms with Crippen LogP contribution in [-0.2, 0) is 4.74 Å². The number of methoxy groups -OCH3 is 1. The summed E-state index contributed by atoms with van der Waals surface area (Å²) in [6, 6.07) is 7.08. The summed E-state index contributed by atoms with van der Waals surface area (Å²) >= 11 is 0. The molecule has 0 radical (unpaired) electrons. The molecule has 0 aliphatic carbocycles. The molecule has 8 heteroatoms. The summed E-state index contributed by atoms with van der Waals surface area (Å²) in [5.74, 6) is -0.0861. The van der Waals surface area contributed by atoms with E-state index in [-0.39, 0.29) is 11.5 Å². The van der Waals surface area contributed by atoms with Gasteiger partial charge >= 0.3 is 5.97 Å². The zero-order valence-corrected chi connectivity index (χ0v) is 14.3. The second-order valence-corrected chi connectivity index (χ2v) is 5.72. The molecular formula is C18H17N5O3. The van der Waals surface area contributed by atoms with E-state index in [2.05, 4.69) is 20.8 Å². The fourth-order valence-corrected chi connectivity index (χ4v) is 2.83. The molecule has 1 saturated heterocycles. The van der Waals surface area contributed by atoms with Crippen LogP contribution in [0.3, 0.4) is 0 Å². The maximum absolute atomic E-state index is 12.7. The first-order chi connectivity index (χ1) is 12.6. The summed E-state index contributed by atoms with van der Waals surface area (Å²) in [6.07, 6.45) is 4.45. The molecule has 0 unspecified atom stereocenters. The summed E-state index contributed by atoms with van der Waals surface area (Å²) in [5.41, 5.74) is 1.10. The number of aromatic nitrogens is 2. The fraction of sp³-hybridized carbons (Fsp3) is 0.278. The topological polar surface area (TPSA) is 99.4 Å². The Labute approximate surface area is 150 Å². The van der Waals surface area contributed by atoms with Gasteiger partial charge in [0.2, 0.25) is 0 Å². The number of pyridine rings is 2. The van der Waals surface area contributed by atoms with Crippen molar-refractivity contribution < 1.29 is 14.3 Å². The minimum absolute atomic E-state index is 0.190. The highest BCUT2D eigenvalue weighted by Crippen LogP contribution is 2.19. The number of esters is 1. The van der Waals surface area contributed by atoms with Crippen LogP contribution in [0.5, 0.6) is 0 Å². The first-order valence-electron chi connectivity index (χ1n) is 8.06. The van der Waals surface area contributed by atoms with Gasteiger partial charge in [0.1, 0.15) is 11.9 Å². The largest absolute Gasteiger partial charge is 0.465 e. The van der Waals surface area contributed by atoms with Crippen molar-refractivity contribution in [3.8, 4) is 6.07 Å². The van der Waals surface area contributed by atoms with Crippen LogP contribution in [0, 0.1) is 11.3 Å². The highest BCUT2D eigenvalue weighted by molar-refractivity contribution is 5.97. The van der Waals surface area contributed by atoms with Crippen molar-refractivity contribution in [3.05, 3.63) is 53.5 Å². The smallest absolute Gasteiger partial charge is 0.339 e. The van der Waals surface area contributed by atoms with Gasteiger partial charge in [-0.25, -0.2) is 9.78 Å². The van der Waals surface area contributed by atoms with Gasteiger partial charge in [0.25, 0.3) is 5.91 Å². The van der Waals surface area contributed by atoms with Gasteiger partial charge in [-0.3, -0.25) is 9.78 Å². The first-order valence-corrected chi connectivity index (χ1v) is 8.06.